The van der Waals surface area contributed by atoms with Gasteiger partial charge in [0.25, 0.3) is 5.69 Å². The number of carbonyl (C=O) groups is 1. The standard InChI is InChI=1S/C22H28N2O8S/c1-4-13-12-23(33(28,29)15-8-6-14(7-9-15)24(26)27)18-10-16(13)20(22(25)30-3)17-11-19(31-5-2)32-21(17)18/h4,6-9,16-21H,5,10-12H2,1-3H3/b13-4-/t16-,17-,18-,19?,20+,21-/m0/s1. The number of ether oxygens (including phenoxy) is 3. The number of nitro groups is 1. The van der Waals surface area contributed by atoms with Crippen molar-refractivity contribution in [3.05, 3.63) is 46.0 Å². The smallest absolute Gasteiger partial charge is 0.309 e. The van der Waals surface area contributed by atoms with Crippen molar-refractivity contribution in [2.75, 3.05) is 20.3 Å². The molecule has 0 spiro atoms. The van der Waals surface area contributed by atoms with Crippen LogP contribution in [0.15, 0.2) is 40.8 Å². The van der Waals surface area contributed by atoms with Gasteiger partial charge >= 0.3 is 5.97 Å². The van der Waals surface area contributed by atoms with Crippen LogP contribution in [0.4, 0.5) is 5.69 Å². The van der Waals surface area contributed by atoms with Crippen LogP contribution in [0.2, 0.25) is 0 Å². The van der Waals surface area contributed by atoms with Crippen molar-refractivity contribution in [2.45, 2.75) is 50.0 Å². The number of methoxy groups -OCH3 is 1. The third-order valence-corrected chi connectivity index (χ3v) is 8.89. The summed E-state index contributed by atoms with van der Waals surface area (Å²) in [5.74, 6) is -1.15. The topological polar surface area (TPSA) is 125 Å². The lowest BCUT2D eigenvalue weighted by Crippen LogP contribution is -2.60. The molecule has 180 valence electrons. The van der Waals surface area contributed by atoms with E-state index in [-0.39, 0.29) is 34.9 Å². The van der Waals surface area contributed by atoms with Crippen LogP contribution in [0.5, 0.6) is 0 Å². The molecule has 2 aliphatic heterocycles. The van der Waals surface area contributed by atoms with Gasteiger partial charge in [-0.05, 0) is 38.3 Å². The first-order chi connectivity index (χ1) is 15.7. The molecular weight excluding hydrogens is 452 g/mol. The summed E-state index contributed by atoms with van der Waals surface area (Å²) in [7, 11) is -2.61. The molecule has 0 aromatic heterocycles. The molecule has 2 bridgehead atoms. The van der Waals surface area contributed by atoms with Crippen molar-refractivity contribution in [1.82, 2.24) is 4.31 Å². The van der Waals surface area contributed by atoms with E-state index in [4.69, 9.17) is 14.2 Å². The molecule has 1 aromatic carbocycles. The Balaban J connectivity index is 1.73. The molecule has 3 fully saturated rings. The average molecular weight is 481 g/mol. The number of benzene rings is 1. The Morgan fingerprint density at radius 2 is 2.00 bits per heavy atom. The Labute approximate surface area is 192 Å². The predicted molar refractivity (Wildman–Crippen MR) is 117 cm³/mol. The molecule has 4 rings (SSSR count). The molecule has 3 aliphatic rings. The lowest BCUT2D eigenvalue weighted by atomic mass is 9.63. The lowest BCUT2D eigenvalue weighted by Gasteiger charge is -2.51. The maximum Gasteiger partial charge on any atom is 0.309 e. The fourth-order valence-corrected chi connectivity index (χ4v) is 7.18. The van der Waals surface area contributed by atoms with E-state index in [1.807, 2.05) is 19.9 Å². The number of hydrogen-bond donors (Lipinski definition) is 0. The summed E-state index contributed by atoms with van der Waals surface area (Å²) in [5.41, 5.74) is 0.671. The molecule has 1 aliphatic carbocycles. The van der Waals surface area contributed by atoms with Crippen LogP contribution < -0.4 is 0 Å². The highest BCUT2D eigenvalue weighted by molar-refractivity contribution is 7.89. The molecule has 0 radical (unpaired) electrons. The highest BCUT2D eigenvalue weighted by Crippen LogP contribution is 2.52. The van der Waals surface area contributed by atoms with E-state index in [0.717, 1.165) is 5.57 Å². The summed E-state index contributed by atoms with van der Waals surface area (Å²) in [4.78, 5) is 23.2. The van der Waals surface area contributed by atoms with Crippen molar-refractivity contribution in [3.8, 4) is 0 Å². The minimum Gasteiger partial charge on any atom is -0.469 e. The summed E-state index contributed by atoms with van der Waals surface area (Å²) in [6.07, 6.45) is 1.73. The first kappa shape index (κ1) is 23.8. The normalized spacial score (nSPS) is 33.0. The third kappa shape index (κ3) is 4.07. The largest absolute Gasteiger partial charge is 0.469 e. The Hall–Kier alpha value is -2.34. The zero-order valence-electron chi connectivity index (χ0n) is 18.7. The van der Waals surface area contributed by atoms with E-state index >= 15 is 0 Å². The molecule has 6 atom stereocenters. The van der Waals surface area contributed by atoms with Crippen molar-refractivity contribution in [2.24, 2.45) is 17.8 Å². The van der Waals surface area contributed by atoms with Gasteiger partial charge in [-0.1, -0.05) is 11.6 Å². The van der Waals surface area contributed by atoms with Crippen LogP contribution in [0.3, 0.4) is 0 Å². The molecule has 1 saturated carbocycles. The summed E-state index contributed by atoms with van der Waals surface area (Å²) < 4.78 is 45.7. The number of hydrogen-bond acceptors (Lipinski definition) is 8. The first-order valence-electron chi connectivity index (χ1n) is 11.0. The van der Waals surface area contributed by atoms with Gasteiger partial charge in [-0.15, -0.1) is 0 Å². The average Bonchev–Trinajstić information content (AvgIpc) is 3.22. The quantitative estimate of drug-likeness (QED) is 0.263. The SMILES string of the molecule is C/C=C1/CN(S(=O)(=O)c2ccc([N+](=O)[O-])cc2)[C@H]2C[C@@H]1[C@@H](C(=O)OC)[C@@H]1CC(OCC)O[C@@H]12. The van der Waals surface area contributed by atoms with Gasteiger partial charge in [0.05, 0.1) is 35.0 Å². The second-order valence-corrected chi connectivity index (χ2v) is 10.4. The van der Waals surface area contributed by atoms with Gasteiger partial charge in [-0.25, -0.2) is 8.42 Å². The van der Waals surface area contributed by atoms with Gasteiger partial charge in [0.15, 0.2) is 6.29 Å². The molecule has 2 saturated heterocycles. The fraction of sp³-hybridized carbons (Fsp3) is 0.591. The van der Waals surface area contributed by atoms with Crippen LogP contribution in [0, 0.1) is 27.9 Å². The van der Waals surface area contributed by atoms with E-state index in [0.29, 0.717) is 19.4 Å². The number of fused-ring (bicyclic) bond motifs is 4. The van der Waals surface area contributed by atoms with Gasteiger partial charge in [0.2, 0.25) is 10.0 Å². The van der Waals surface area contributed by atoms with Crippen molar-refractivity contribution >= 4 is 21.7 Å². The molecule has 0 N–H and O–H groups in total. The van der Waals surface area contributed by atoms with Crippen LogP contribution in [0.25, 0.3) is 0 Å². The van der Waals surface area contributed by atoms with Gasteiger partial charge in [0.1, 0.15) is 0 Å². The number of piperidine rings is 1. The number of nitro benzene ring substituents is 1. The number of esters is 1. The zero-order chi connectivity index (χ0) is 23.9. The minimum atomic E-state index is -3.98. The number of non-ortho nitro benzene ring substituents is 1. The van der Waals surface area contributed by atoms with E-state index < -0.39 is 39.3 Å². The van der Waals surface area contributed by atoms with Crippen LogP contribution in [-0.2, 0) is 29.0 Å². The van der Waals surface area contributed by atoms with Gasteiger partial charge < -0.3 is 14.2 Å². The second kappa shape index (κ2) is 9.13. The maximum atomic E-state index is 13.6. The molecule has 33 heavy (non-hydrogen) atoms. The van der Waals surface area contributed by atoms with Crippen LogP contribution in [-0.4, -0.2) is 62.3 Å². The fourth-order valence-electron chi connectivity index (χ4n) is 5.54. The lowest BCUT2D eigenvalue weighted by molar-refractivity contribution is -0.384. The maximum absolute atomic E-state index is 13.6. The molecular formula is C22H28N2O8S. The third-order valence-electron chi connectivity index (χ3n) is 7.00. The molecule has 11 heteroatoms. The number of carbonyl (C=O) groups excluding carboxylic acids is 1. The Morgan fingerprint density at radius 3 is 2.58 bits per heavy atom. The predicted octanol–water partition coefficient (Wildman–Crippen LogP) is 2.49. The Morgan fingerprint density at radius 1 is 1.30 bits per heavy atom. The molecule has 10 nitrogen and oxygen atoms in total. The summed E-state index contributed by atoms with van der Waals surface area (Å²) in [6, 6.07) is 4.39. The van der Waals surface area contributed by atoms with Gasteiger partial charge in [0, 0.05) is 37.6 Å². The molecule has 1 aromatic rings. The number of nitrogens with zero attached hydrogens (tertiary/aromatic N) is 2. The van der Waals surface area contributed by atoms with Crippen molar-refractivity contribution in [3.63, 3.8) is 0 Å². The van der Waals surface area contributed by atoms with Gasteiger partial charge in [-0.2, -0.15) is 4.31 Å². The summed E-state index contributed by atoms with van der Waals surface area (Å²) in [5, 5.41) is 11.0. The number of sulfonamides is 1. The molecule has 1 unspecified atom stereocenters. The molecule has 2 heterocycles. The first-order valence-corrected chi connectivity index (χ1v) is 12.4. The highest BCUT2D eigenvalue weighted by atomic mass is 32.2. The summed E-state index contributed by atoms with van der Waals surface area (Å²) in [6.45, 7) is 4.24. The van der Waals surface area contributed by atoms with Crippen LogP contribution in [0.1, 0.15) is 26.7 Å². The zero-order valence-corrected chi connectivity index (χ0v) is 19.6. The minimum absolute atomic E-state index is 0.0204. The highest BCUT2D eigenvalue weighted by Gasteiger charge is 2.59. The van der Waals surface area contributed by atoms with E-state index in [9.17, 15) is 23.3 Å². The number of allylic oxidation sites excluding steroid dienone is 1. The van der Waals surface area contributed by atoms with Crippen molar-refractivity contribution < 1.29 is 32.3 Å². The van der Waals surface area contributed by atoms with E-state index in [1.54, 1.807) is 0 Å². The number of rotatable bonds is 6. The van der Waals surface area contributed by atoms with Crippen molar-refractivity contribution in [1.29, 1.82) is 0 Å². The second-order valence-electron chi connectivity index (χ2n) is 8.51. The van der Waals surface area contributed by atoms with E-state index in [1.165, 1.54) is 35.7 Å². The monoisotopic (exact) mass is 480 g/mol. The van der Waals surface area contributed by atoms with Gasteiger partial charge in [-0.3, -0.25) is 14.9 Å². The van der Waals surface area contributed by atoms with Crippen LogP contribution >= 0.6 is 0 Å². The Kier molecular flexibility index (Phi) is 6.59. The molecule has 0 amide bonds. The Bertz CT molecular complexity index is 1050. The summed E-state index contributed by atoms with van der Waals surface area (Å²) >= 11 is 0. The van der Waals surface area contributed by atoms with E-state index in [2.05, 4.69) is 0 Å².